The Morgan fingerprint density at radius 2 is 2.00 bits per heavy atom. The summed E-state index contributed by atoms with van der Waals surface area (Å²) in [7, 11) is 4.00. The van der Waals surface area contributed by atoms with E-state index in [1.54, 1.807) is 3.58 Å². The molecule has 0 spiro atoms. The first-order valence-electron chi connectivity index (χ1n) is 9.82. The van der Waals surface area contributed by atoms with E-state index in [9.17, 15) is 4.79 Å². The normalized spacial score (nSPS) is 25.8. The number of likely N-dealkylation sites (N-methyl/N-ethyl adjacent to an activating group) is 1. The van der Waals surface area contributed by atoms with Crippen LogP contribution in [0.25, 0.3) is 0 Å². The molecule has 1 N–H and O–H groups in total. The van der Waals surface area contributed by atoms with Crippen molar-refractivity contribution in [1.29, 1.82) is 0 Å². The third-order valence-corrected chi connectivity index (χ3v) is 14.8. The second-order valence-corrected chi connectivity index (χ2v) is 15.2. The molecule has 3 nitrogen and oxygen atoms in total. The van der Waals surface area contributed by atoms with Crippen molar-refractivity contribution in [2.45, 2.75) is 59.4 Å². The zero-order valence-corrected chi connectivity index (χ0v) is 21.6. The molecule has 0 aromatic heterocycles. The minimum absolute atomic E-state index is 0.0358. The van der Waals surface area contributed by atoms with Gasteiger partial charge in [0, 0.05) is 0 Å². The standard InChI is InChI=1S/C21H36I2N2O/c1-7-17(21(3,4)14-22)19(25(5)6)20(26)24-16-10-9-15(2)18(13-16)23-11-8-12-23/h13,15-16H,7-12,14H2,1-6H3,(H,24,26)/b19-17-. The molecule has 1 fully saturated rings. The van der Waals surface area contributed by atoms with E-state index in [1.165, 1.54) is 27.3 Å². The molecule has 0 radical (unpaired) electrons. The second-order valence-electron chi connectivity index (χ2n) is 8.39. The van der Waals surface area contributed by atoms with Crippen LogP contribution in [0, 0.1) is 11.3 Å². The third-order valence-electron chi connectivity index (χ3n) is 5.54. The second kappa shape index (κ2) is 9.61. The molecule has 26 heavy (non-hydrogen) atoms. The summed E-state index contributed by atoms with van der Waals surface area (Å²) in [6.45, 7) is 9.06. The van der Waals surface area contributed by atoms with Crippen LogP contribution in [0.5, 0.6) is 0 Å². The molecule has 0 aromatic rings. The SMILES string of the molecule is CC/C(=C(\C(=O)NC1C=C(I2CCC2)C(C)CC1)N(C)C)C(C)(C)CI. The fourth-order valence-corrected chi connectivity index (χ4v) is 9.84. The van der Waals surface area contributed by atoms with Crippen LogP contribution in [0.15, 0.2) is 20.9 Å². The molecule has 0 aromatic carbocycles. The Kier molecular flexibility index (Phi) is 8.32. The number of rotatable bonds is 7. The van der Waals surface area contributed by atoms with E-state index in [4.69, 9.17) is 0 Å². The number of halogens is 2. The van der Waals surface area contributed by atoms with E-state index in [2.05, 4.69) is 61.7 Å². The molecular formula is C21H36I2N2O. The van der Waals surface area contributed by atoms with Gasteiger partial charge in [-0.15, -0.1) is 0 Å². The maximum absolute atomic E-state index is 13.2. The van der Waals surface area contributed by atoms with Gasteiger partial charge in [-0.3, -0.25) is 0 Å². The minimum atomic E-state index is -0.821. The van der Waals surface area contributed by atoms with Crippen LogP contribution in [0.4, 0.5) is 0 Å². The summed E-state index contributed by atoms with van der Waals surface area (Å²) < 4.78 is 5.76. The fraction of sp³-hybridized carbons (Fsp3) is 0.762. The Labute approximate surface area is 181 Å². The van der Waals surface area contributed by atoms with Gasteiger partial charge in [0.2, 0.25) is 0 Å². The maximum atomic E-state index is 13.2. The number of alkyl halides is 3. The predicted molar refractivity (Wildman–Crippen MR) is 130 cm³/mol. The quantitative estimate of drug-likeness (QED) is 0.247. The van der Waals surface area contributed by atoms with Gasteiger partial charge in [-0.1, -0.05) is 0 Å². The Morgan fingerprint density at radius 1 is 1.35 bits per heavy atom. The van der Waals surface area contributed by atoms with Gasteiger partial charge in [-0.2, -0.15) is 0 Å². The van der Waals surface area contributed by atoms with E-state index in [-0.39, 0.29) is 17.4 Å². The van der Waals surface area contributed by atoms with Crippen molar-refractivity contribution < 1.29 is 4.79 Å². The van der Waals surface area contributed by atoms with Crippen molar-refractivity contribution >= 4 is 48.3 Å². The van der Waals surface area contributed by atoms with E-state index in [0.717, 1.165) is 28.9 Å². The molecule has 2 aliphatic rings. The molecule has 0 bridgehead atoms. The van der Waals surface area contributed by atoms with E-state index in [1.807, 2.05) is 19.0 Å². The Bertz CT molecular complexity index is 577. The number of nitrogens with one attached hydrogen (secondary N) is 1. The van der Waals surface area contributed by atoms with Crippen molar-refractivity contribution in [3.8, 4) is 0 Å². The Hall–Kier alpha value is 0.210. The van der Waals surface area contributed by atoms with Crippen molar-refractivity contribution in [1.82, 2.24) is 10.2 Å². The van der Waals surface area contributed by atoms with Gasteiger partial charge < -0.3 is 0 Å². The van der Waals surface area contributed by atoms with Crippen molar-refractivity contribution in [2.24, 2.45) is 11.3 Å². The molecule has 1 amide bonds. The summed E-state index contributed by atoms with van der Waals surface area (Å²) in [5.74, 6) is 0.860. The number of carbonyl (C=O) groups excluding carboxylic acids is 1. The van der Waals surface area contributed by atoms with Crippen molar-refractivity contribution in [3.63, 3.8) is 0 Å². The Morgan fingerprint density at radius 3 is 2.46 bits per heavy atom. The van der Waals surface area contributed by atoms with Crippen molar-refractivity contribution in [3.05, 3.63) is 20.9 Å². The van der Waals surface area contributed by atoms with Crippen molar-refractivity contribution in [2.75, 3.05) is 27.4 Å². The summed E-state index contributed by atoms with van der Waals surface area (Å²) in [6.07, 6.45) is 7.11. The average molecular weight is 586 g/mol. The molecule has 1 aliphatic heterocycles. The zero-order valence-electron chi connectivity index (χ0n) is 17.3. The molecule has 150 valence electrons. The van der Waals surface area contributed by atoms with Crippen LogP contribution in [0.2, 0.25) is 0 Å². The number of amides is 1. The molecule has 1 heterocycles. The zero-order chi connectivity index (χ0) is 19.5. The number of allylic oxidation sites excluding steroid dienone is 2. The molecule has 2 rings (SSSR count). The summed E-state index contributed by atoms with van der Waals surface area (Å²) >= 11 is 1.62. The topological polar surface area (TPSA) is 32.3 Å². The van der Waals surface area contributed by atoms with Gasteiger partial charge in [0.15, 0.2) is 0 Å². The van der Waals surface area contributed by atoms with Gasteiger partial charge in [-0.05, 0) is 0 Å². The Balaban J connectivity index is 2.23. The molecule has 2 atom stereocenters. The summed E-state index contributed by atoms with van der Waals surface area (Å²) in [5, 5.41) is 3.37. The van der Waals surface area contributed by atoms with Crippen LogP contribution < -0.4 is 5.32 Å². The molecule has 5 heteroatoms. The van der Waals surface area contributed by atoms with Crippen LogP contribution in [-0.4, -0.2) is 44.2 Å². The monoisotopic (exact) mass is 586 g/mol. The van der Waals surface area contributed by atoms with Gasteiger partial charge in [0.25, 0.3) is 0 Å². The van der Waals surface area contributed by atoms with Crippen LogP contribution in [-0.2, 0) is 4.79 Å². The summed E-state index contributed by atoms with van der Waals surface area (Å²) in [5.41, 5.74) is 2.16. The predicted octanol–water partition coefficient (Wildman–Crippen LogP) is 5.38. The first-order chi connectivity index (χ1) is 12.2. The number of hydrogen-bond acceptors (Lipinski definition) is 2. The first kappa shape index (κ1) is 22.5. The molecule has 2 unspecified atom stereocenters. The molecular weight excluding hydrogens is 550 g/mol. The first-order valence-corrected chi connectivity index (χ1v) is 15.5. The molecule has 1 aliphatic carbocycles. The van der Waals surface area contributed by atoms with Crippen LogP contribution in [0.3, 0.4) is 0 Å². The van der Waals surface area contributed by atoms with Crippen LogP contribution >= 0.6 is 42.4 Å². The fourth-order valence-electron chi connectivity index (χ4n) is 3.85. The van der Waals surface area contributed by atoms with Gasteiger partial charge >= 0.3 is 182 Å². The van der Waals surface area contributed by atoms with Gasteiger partial charge in [0.05, 0.1) is 0 Å². The van der Waals surface area contributed by atoms with E-state index in [0.29, 0.717) is 0 Å². The average Bonchev–Trinajstić information content (AvgIpc) is 2.53. The molecule has 1 saturated heterocycles. The van der Waals surface area contributed by atoms with E-state index >= 15 is 0 Å². The third kappa shape index (κ3) is 5.17. The van der Waals surface area contributed by atoms with E-state index < -0.39 is 19.8 Å². The van der Waals surface area contributed by atoms with Crippen LogP contribution in [0.1, 0.15) is 53.4 Å². The van der Waals surface area contributed by atoms with Gasteiger partial charge in [0.1, 0.15) is 0 Å². The number of hydrogen-bond donors (Lipinski definition) is 1. The summed E-state index contributed by atoms with van der Waals surface area (Å²) in [6, 6.07) is 0.224. The summed E-state index contributed by atoms with van der Waals surface area (Å²) in [4.78, 5) is 15.2. The van der Waals surface area contributed by atoms with Gasteiger partial charge in [-0.25, -0.2) is 0 Å². The number of carbonyl (C=O) groups is 1. The number of nitrogens with zero attached hydrogens (tertiary/aromatic N) is 1. The molecule has 0 saturated carbocycles.